The Labute approximate surface area is 135 Å². The summed E-state index contributed by atoms with van der Waals surface area (Å²) in [6, 6.07) is 8.34. The zero-order chi connectivity index (χ0) is 17.7. The van der Waals surface area contributed by atoms with Crippen molar-refractivity contribution in [2.24, 2.45) is 0 Å². The first-order valence-corrected chi connectivity index (χ1v) is 7.10. The van der Waals surface area contributed by atoms with Gasteiger partial charge in [-0.1, -0.05) is 30.3 Å². The third-order valence-electron chi connectivity index (χ3n) is 3.40. The fourth-order valence-electron chi connectivity index (χ4n) is 2.20. The van der Waals surface area contributed by atoms with Crippen molar-refractivity contribution >= 4 is 11.9 Å². The van der Waals surface area contributed by atoms with Crippen LogP contribution in [0.1, 0.15) is 22.3 Å². The zero-order valence-electron chi connectivity index (χ0n) is 12.4. The Morgan fingerprint density at radius 1 is 1.04 bits per heavy atom. The van der Waals surface area contributed by atoms with E-state index in [1.807, 2.05) is 0 Å². The maximum absolute atomic E-state index is 13.6. The number of aryl methyl sites for hydroxylation is 1. The van der Waals surface area contributed by atoms with Gasteiger partial charge in [-0.25, -0.2) is 18.0 Å². The van der Waals surface area contributed by atoms with E-state index in [1.165, 1.54) is 0 Å². The van der Waals surface area contributed by atoms with Crippen molar-refractivity contribution in [2.45, 2.75) is 18.9 Å². The van der Waals surface area contributed by atoms with E-state index in [-0.39, 0.29) is 6.42 Å². The summed E-state index contributed by atoms with van der Waals surface area (Å²) in [4.78, 5) is 23.2. The van der Waals surface area contributed by atoms with Crippen molar-refractivity contribution in [1.29, 1.82) is 0 Å². The Kier molecular flexibility index (Phi) is 5.57. The van der Waals surface area contributed by atoms with Gasteiger partial charge in [-0.15, -0.1) is 0 Å². The minimum Gasteiger partial charge on any atom is -0.480 e. The molecule has 0 aliphatic heterocycles. The smallest absolute Gasteiger partial charge is 0.326 e. The summed E-state index contributed by atoms with van der Waals surface area (Å²) in [5.74, 6) is -6.53. The van der Waals surface area contributed by atoms with E-state index >= 15 is 0 Å². The Morgan fingerprint density at radius 2 is 1.62 bits per heavy atom. The molecular weight excluding hydrogens is 323 g/mol. The lowest BCUT2D eigenvalue weighted by molar-refractivity contribution is -0.139. The van der Waals surface area contributed by atoms with Gasteiger partial charge in [0.25, 0.3) is 5.91 Å². The first-order valence-electron chi connectivity index (χ1n) is 7.10. The topological polar surface area (TPSA) is 66.4 Å². The summed E-state index contributed by atoms with van der Waals surface area (Å²) in [6.45, 7) is 0. The van der Waals surface area contributed by atoms with E-state index in [2.05, 4.69) is 5.32 Å². The first kappa shape index (κ1) is 17.5. The largest absolute Gasteiger partial charge is 0.480 e. The summed E-state index contributed by atoms with van der Waals surface area (Å²) in [7, 11) is 0. The number of amides is 1. The van der Waals surface area contributed by atoms with Crippen LogP contribution in [0.2, 0.25) is 0 Å². The quantitative estimate of drug-likeness (QED) is 0.852. The van der Waals surface area contributed by atoms with Gasteiger partial charge in [-0.05, 0) is 18.4 Å². The fraction of sp³-hybridized carbons (Fsp3) is 0.176. The molecule has 0 fully saturated rings. The molecule has 0 aliphatic rings. The number of carboxylic acid groups (broad SMARTS) is 1. The van der Waals surface area contributed by atoms with Crippen LogP contribution in [0.25, 0.3) is 0 Å². The second-order valence-electron chi connectivity index (χ2n) is 5.13. The molecule has 0 bridgehead atoms. The molecule has 2 aromatic carbocycles. The van der Waals surface area contributed by atoms with E-state index in [4.69, 9.17) is 5.11 Å². The van der Waals surface area contributed by atoms with E-state index in [1.54, 1.807) is 30.3 Å². The second kappa shape index (κ2) is 7.63. The number of hydrogen-bond acceptors (Lipinski definition) is 2. The van der Waals surface area contributed by atoms with Gasteiger partial charge in [-0.2, -0.15) is 0 Å². The fourth-order valence-corrected chi connectivity index (χ4v) is 2.20. The summed E-state index contributed by atoms with van der Waals surface area (Å²) < 4.78 is 40.0. The third kappa shape index (κ3) is 4.34. The highest BCUT2D eigenvalue weighted by Crippen LogP contribution is 2.15. The number of carboxylic acids is 1. The lowest BCUT2D eigenvalue weighted by atomic mass is 10.0. The van der Waals surface area contributed by atoms with Crippen LogP contribution in [0.5, 0.6) is 0 Å². The molecule has 7 heteroatoms. The van der Waals surface area contributed by atoms with Gasteiger partial charge < -0.3 is 10.4 Å². The monoisotopic (exact) mass is 337 g/mol. The Morgan fingerprint density at radius 3 is 2.17 bits per heavy atom. The molecule has 2 aromatic rings. The van der Waals surface area contributed by atoms with E-state index in [0.29, 0.717) is 18.6 Å². The number of rotatable bonds is 6. The highest BCUT2D eigenvalue weighted by atomic mass is 19.1. The molecule has 24 heavy (non-hydrogen) atoms. The van der Waals surface area contributed by atoms with Gasteiger partial charge in [0.2, 0.25) is 0 Å². The lowest BCUT2D eigenvalue weighted by Gasteiger charge is -2.15. The average molecular weight is 337 g/mol. The molecule has 0 aliphatic carbocycles. The minimum atomic E-state index is -1.39. The molecule has 2 N–H and O–H groups in total. The van der Waals surface area contributed by atoms with Crippen molar-refractivity contribution < 1.29 is 27.9 Å². The van der Waals surface area contributed by atoms with Crippen LogP contribution in [0.3, 0.4) is 0 Å². The molecule has 2 rings (SSSR count). The number of nitrogens with one attached hydrogen (secondary N) is 1. The minimum absolute atomic E-state index is 0.0372. The number of aliphatic carboxylic acids is 1. The van der Waals surface area contributed by atoms with Crippen molar-refractivity contribution in [3.63, 3.8) is 0 Å². The molecule has 0 unspecified atom stereocenters. The number of halogens is 3. The average Bonchev–Trinajstić information content (AvgIpc) is 2.51. The van der Waals surface area contributed by atoms with Gasteiger partial charge >= 0.3 is 5.97 Å². The van der Waals surface area contributed by atoms with Gasteiger partial charge in [0.05, 0.1) is 0 Å². The molecule has 0 saturated carbocycles. The number of benzene rings is 2. The number of carbonyl (C=O) groups excluding carboxylic acids is 1. The molecule has 126 valence electrons. The van der Waals surface area contributed by atoms with Gasteiger partial charge in [-0.3, -0.25) is 4.79 Å². The van der Waals surface area contributed by atoms with Crippen LogP contribution in [0.15, 0.2) is 42.5 Å². The molecule has 0 radical (unpaired) electrons. The van der Waals surface area contributed by atoms with Crippen LogP contribution in [-0.2, 0) is 11.2 Å². The Bertz CT molecular complexity index is 727. The summed E-state index contributed by atoms with van der Waals surface area (Å²) >= 11 is 0. The van der Waals surface area contributed by atoms with E-state index in [0.717, 1.165) is 5.56 Å². The molecule has 0 heterocycles. The molecule has 1 amide bonds. The molecule has 0 aromatic heterocycles. The van der Waals surface area contributed by atoms with Crippen LogP contribution in [0, 0.1) is 17.5 Å². The SMILES string of the molecule is O=C(N[C@H](CCc1ccccc1)C(=O)O)c1c(F)cc(F)cc1F. The maximum Gasteiger partial charge on any atom is 0.326 e. The second-order valence-corrected chi connectivity index (χ2v) is 5.13. The van der Waals surface area contributed by atoms with E-state index in [9.17, 15) is 22.8 Å². The molecule has 4 nitrogen and oxygen atoms in total. The van der Waals surface area contributed by atoms with Crippen molar-refractivity contribution in [1.82, 2.24) is 5.32 Å². The first-order chi connectivity index (χ1) is 11.4. The standard InChI is InChI=1S/C17H14F3NO3/c18-11-8-12(19)15(13(20)9-11)16(22)21-14(17(23)24)7-6-10-4-2-1-3-5-10/h1-5,8-9,14H,6-7H2,(H,21,22)(H,23,24)/t14-/m1/s1. The third-order valence-corrected chi connectivity index (χ3v) is 3.40. The van der Waals surface area contributed by atoms with E-state index < -0.39 is 40.9 Å². The maximum atomic E-state index is 13.6. The predicted molar refractivity (Wildman–Crippen MR) is 80.0 cm³/mol. The zero-order valence-corrected chi connectivity index (χ0v) is 12.4. The highest BCUT2D eigenvalue weighted by molar-refractivity contribution is 5.97. The summed E-state index contributed by atoms with van der Waals surface area (Å²) in [6.07, 6.45) is 0.391. The molecular formula is C17H14F3NO3. The lowest BCUT2D eigenvalue weighted by Crippen LogP contribution is -2.41. The molecule has 0 spiro atoms. The van der Waals surface area contributed by atoms with Crippen LogP contribution < -0.4 is 5.32 Å². The van der Waals surface area contributed by atoms with Gasteiger partial charge in [0, 0.05) is 12.1 Å². The summed E-state index contributed by atoms with van der Waals surface area (Å²) in [5.41, 5.74) is -0.153. The normalized spacial score (nSPS) is 11.8. The van der Waals surface area contributed by atoms with Gasteiger partial charge in [0.15, 0.2) is 0 Å². The predicted octanol–water partition coefficient (Wildman–Crippen LogP) is 2.92. The Hall–Kier alpha value is -2.83. The van der Waals surface area contributed by atoms with Crippen LogP contribution in [-0.4, -0.2) is 23.0 Å². The number of hydrogen-bond donors (Lipinski definition) is 2. The highest BCUT2D eigenvalue weighted by Gasteiger charge is 2.25. The number of carbonyl (C=O) groups is 2. The molecule has 0 saturated heterocycles. The van der Waals surface area contributed by atoms with Crippen LogP contribution in [0.4, 0.5) is 13.2 Å². The molecule has 1 atom stereocenters. The van der Waals surface area contributed by atoms with Crippen molar-refractivity contribution in [3.8, 4) is 0 Å². The van der Waals surface area contributed by atoms with Crippen molar-refractivity contribution in [3.05, 3.63) is 71.0 Å². The summed E-state index contributed by atoms with van der Waals surface area (Å²) in [5, 5.41) is 11.2. The Balaban J connectivity index is 2.10. The van der Waals surface area contributed by atoms with Crippen molar-refractivity contribution in [2.75, 3.05) is 0 Å². The van der Waals surface area contributed by atoms with Crippen LogP contribution >= 0.6 is 0 Å². The van der Waals surface area contributed by atoms with Gasteiger partial charge in [0.1, 0.15) is 29.1 Å².